The van der Waals surface area contributed by atoms with Crippen LogP contribution in [-0.2, 0) is 31.0 Å². The zero-order chi connectivity index (χ0) is 30.5. The zero-order valence-electron chi connectivity index (χ0n) is 24.3. The molecule has 1 saturated heterocycles. The minimum atomic E-state index is -1.01. The summed E-state index contributed by atoms with van der Waals surface area (Å²) in [5.41, 5.74) is 4.21. The molecular formula is C32H31Cl2N5O5. The molecule has 0 spiro atoms. The van der Waals surface area contributed by atoms with E-state index >= 15 is 0 Å². The number of ether oxygens (including phenoxy) is 3. The van der Waals surface area contributed by atoms with Crippen LogP contribution in [0.1, 0.15) is 47.0 Å². The van der Waals surface area contributed by atoms with Crippen LogP contribution < -0.4 is 9.47 Å². The van der Waals surface area contributed by atoms with Crippen molar-refractivity contribution in [3.8, 4) is 11.5 Å². The SMILES string of the molecule is COc1cc(C(=O)O)cc2c1nc(CN1CCn3c(nc4c(OCc5ccc(Cl)cc5Cl)cccc43)[C@@H]1C)n2C[C@@H]1CCO1. The highest BCUT2D eigenvalue weighted by Gasteiger charge is 2.31. The Morgan fingerprint density at radius 3 is 2.61 bits per heavy atom. The maximum atomic E-state index is 11.9. The first-order chi connectivity index (χ1) is 21.3. The molecule has 0 saturated carbocycles. The van der Waals surface area contributed by atoms with Crippen LogP contribution in [0, 0.1) is 0 Å². The van der Waals surface area contributed by atoms with Gasteiger partial charge in [-0.2, -0.15) is 0 Å². The molecule has 0 amide bonds. The van der Waals surface area contributed by atoms with Crippen LogP contribution in [0.5, 0.6) is 11.5 Å². The molecule has 1 N–H and O–H groups in total. The van der Waals surface area contributed by atoms with E-state index in [9.17, 15) is 9.90 Å². The van der Waals surface area contributed by atoms with E-state index < -0.39 is 5.97 Å². The molecule has 7 rings (SSSR count). The van der Waals surface area contributed by atoms with Crippen LogP contribution in [0.25, 0.3) is 22.1 Å². The summed E-state index contributed by atoms with van der Waals surface area (Å²) in [4.78, 5) is 24.3. The van der Waals surface area contributed by atoms with Crippen LogP contribution in [-0.4, -0.2) is 61.4 Å². The number of aromatic carboxylic acids is 1. The van der Waals surface area contributed by atoms with Crippen molar-refractivity contribution in [1.82, 2.24) is 24.0 Å². The third-order valence-electron chi connectivity index (χ3n) is 8.59. The summed E-state index contributed by atoms with van der Waals surface area (Å²) < 4.78 is 21.9. The number of halogens is 2. The molecule has 2 aliphatic heterocycles. The Bertz CT molecular complexity index is 1900. The van der Waals surface area contributed by atoms with Gasteiger partial charge in [-0.05, 0) is 49.7 Å². The van der Waals surface area contributed by atoms with Crippen molar-refractivity contribution in [3.05, 3.63) is 81.4 Å². The number of benzene rings is 3. The van der Waals surface area contributed by atoms with Crippen molar-refractivity contribution in [1.29, 1.82) is 0 Å². The second-order valence-corrected chi connectivity index (χ2v) is 12.0. The second-order valence-electron chi connectivity index (χ2n) is 11.2. The van der Waals surface area contributed by atoms with Gasteiger partial charge in [0.05, 0.1) is 48.9 Å². The lowest BCUT2D eigenvalue weighted by atomic mass is 10.1. The maximum absolute atomic E-state index is 11.9. The molecule has 12 heteroatoms. The van der Waals surface area contributed by atoms with Gasteiger partial charge in [0.1, 0.15) is 40.8 Å². The molecule has 0 radical (unpaired) electrons. The number of carboxylic acids is 1. The van der Waals surface area contributed by atoms with E-state index in [1.807, 2.05) is 18.2 Å². The second kappa shape index (κ2) is 11.6. The number of carboxylic acid groups (broad SMARTS) is 1. The summed E-state index contributed by atoms with van der Waals surface area (Å²) in [7, 11) is 1.54. The normalized spacial score (nSPS) is 18.4. The first kappa shape index (κ1) is 28.9. The van der Waals surface area contributed by atoms with Gasteiger partial charge in [0.25, 0.3) is 0 Å². The smallest absolute Gasteiger partial charge is 0.335 e. The van der Waals surface area contributed by atoms with Gasteiger partial charge < -0.3 is 28.5 Å². The maximum Gasteiger partial charge on any atom is 0.335 e. The zero-order valence-corrected chi connectivity index (χ0v) is 25.8. The average Bonchev–Trinajstić information content (AvgIpc) is 3.54. The molecule has 2 aliphatic rings. The van der Waals surface area contributed by atoms with E-state index in [2.05, 4.69) is 27.0 Å². The van der Waals surface area contributed by atoms with Crippen LogP contribution >= 0.6 is 23.2 Å². The van der Waals surface area contributed by atoms with Crippen LogP contribution in [0.15, 0.2) is 48.5 Å². The van der Waals surface area contributed by atoms with E-state index in [1.54, 1.807) is 18.2 Å². The minimum absolute atomic E-state index is 0.0144. The van der Waals surface area contributed by atoms with E-state index in [1.165, 1.54) is 13.2 Å². The van der Waals surface area contributed by atoms with Crippen molar-refractivity contribution < 1.29 is 24.1 Å². The van der Waals surface area contributed by atoms with Crippen LogP contribution in [0.4, 0.5) is 0 Å². The van der Waals surface area contributed by atoms with E-state index in [0.29, 0.717) is 46.8 Å². The van der Waals surface area contributed by atoms with Gasteiger partial charge in [0.2, 0.25) is 0 Å². The number of methoxy groups -OCH3 is 1. The summed E-state index contributed by atoms with van der Waals surface area (Å²) in [6.07, 6.45) is 1.02. The molecule has 10 nitrogen and oxygen atoms in total. The molecule has 2 aromatic heterocycles. The van der Waals surface area contributed by atoms with Gasteiger partial charge in [-0.15, -0.1) is 0 Å². The monoisotopic (exact) mass is 635 g/mol. The Morgan fingerprint density at radius 2 is 1.89 bits per heavy atom. The standard InChI is InChI=1S/C32H31Cl2N5O5/c1-18-31-36-29-24(4-3-5-26(29)44-17-19-6-7-21(33)14-23(19)34)38(31)10-9-37(18)16-28-35-30-25(39(28)15-22-8-11-43-22)12-20(32(40)41)13-27(30)42-2/h3-7,12-14,18,22H,8-11,15-17H2,1-2H3,(H,40,41)/t18-,22-/m0/s1. The highest BCUT2D eigenvalue weighted by Crippen LogP contribution is 2.36. The molecule has 3 aromatic carbocycles. The molecule has 44 heavy (non-hydrogen) atoms. The van der Waals surface area contributed by atoms with Gasteiger partial charge in [-0.3, -0.25) is 4.90 Å². The predicted molar refractivity (Wildman–Crippen MR) is 167 cm³/mol. The highest BCUT2D eigenvalue weighted by atomic mass is 35.5. The largest absolute Gasteiger partial charge is 0.494 e. The molecule has 5 aromatic rings. The highest BCUT2D eigenvalue weighted by molar-refractivity contribution is 6.35. The molecule has 228 valence electrons. The summed E-state index contributed by atoms with van der Waals surface area (Å²) in [5, 5.41) is 10.9. The lowest BCUT2D eigenvalue weighted by molar-refractivity contribution is -0.0592. The number of hydrogen-bond donors (Lipinski definition) is 1. The van der Waals surface area contributed by atoms with Gasteiger partial charge in [-0.25, -0.2) is 14.8 Å². The van der Waals surface area contributed by atoms with Gasteiger partial charge in [-0.1, -0.05) is 35.3 Å². The number of nitrogens with zero attached hydrogens (tertiary/aromatic N) is 5. The fourth-order valence-corrected chi connectivity index (χ4v) is 6.53. The summed E-state index contributed by atoms with van der Waals surface area (Å²) >= 11 is 12.4. The quantitative estimate of drug-likeness (QED) is 0.200. The minimum Gasteiger partial charge on any atom is -0.494 e. The van der Waals surface area contributed by atoms with Crippen molar-refractivity contribution in [2.45, 2.75) is 51.7 Å². The summed E-state index contributed by atoms with van der Waals surface area (Å²) in [6.45, 7) is 5.86. The average molecular weight is 637 g/mol. The fourth-order valence-electron chi connectivity index (χ4n) is 6.06. The Kier molecular flexibility index (Phi) is 7.62. The third-order valence-corrected chi connectivity index (χ3v) is 9.18. The molecule has 4 heterocycles. The lowest BCUT2D eigenvalue weighted by Gasteiger charge is -2.34. The number of carbonyl (C=O) groups is 1. The first-order valence-corrected chi connectivity index (χ1v) is 15.3. The first-order valence-electron chi connectivity index (χ1n) is 14.5. The van der Waals surface area contributed by atoms with Gasteiger partial charge in [0.15, 0.2) is 0 Å². The van der Waals surface area contributed by atoms with Gasteiger partial charge in [0, 0.05) is 35.3 Å². The number of fused-ring (bicyclic) bond motifs is 4. The lowest BCUT2D eigenvalue weighted by Crippen LogP contribution is -2.38. The van der Waals surface area contributed by atoms with E-state index in [-0.39, 0.29) is 17.7 Å². The molecule has 2 atom stereocenters. The summed E-state index contributed by atoms with van der Waals surface area (Å²) in [5.74, 6) is 1.90. The summed E-state index contributed by atoms with van der Waals surface area (Å²) in [6, 6.07) is 14.5. The van der Waals surface area contributed by atoms with Crippen molar-refractivity contribution in [3.63, 3.8) is 0 Å². The Balaban J connectivity index is 1.19. The van der Waals surface area contributed by atoms with Crippen LogP contribution in [0.2, 0.25) is 10.0 Å². The number of aromatic nitrogens is 4. The van der Waals surface area contributed by atoms with Crippen molar-refractivity contribution in [2.24, 2.45) is 0 Å². The fraction of sp³-hybridized carbons (Fsp3) is 0.344. The number of hydrogen-bond acceptors (Lipinski definition) is 7. The topological polar surface area (TPSA) is 104 Å². The molecule has 0 bridgehead atoms. The van der Waals surface area contributed by atoms with Crippen LogP contribution in [0.3, 0.4) is 0 Å². The molecule has 0 aliphatic carbocycles. The molecule has 0 unspecified atom stereocenters. The van der Waals surface area contributed by atoms with E-state index in [0.717, 1.165) is 59.9 Å². The number of imidazole rings is 2. The predicted octanol–water partition coefficient (Wildman–Crippen LogP) is 6.34. The molecule has 1 fully saturated rings. The van der Waals surface area contributed by atoms with Gasteiger partial charge >= 0.3 is 5.97 Å². The number of rotatable bonds is 9. The Labute approximate surface area is 263 Å². The van der Waals surface area contributed by atoms with E-state index in [4.69, 9.17) is 47.4 Å². The Morgan fingerprint density at radius 1 is 1.07 bits per heavy atom. The molecular weight excluding hydrogens is 605 g/mol. The van der Waals surface area contributed by atoms with Crippen molar-refractivity contribution in [2.75, 3.05) is 20.3 Å². The number of para-hydroxylation sites is 1. The Hall–Kier alpha value is -3.83. The third kappa shape index (κ3) is 5.15. The van der Waals surface area contributed by atoms with Crippen molar-refractivity contribution >= 4 is 51.2 Å².